The Morgan fingerprint density at radius 2 is 1.38 bits per heavy atom. The predicted molar refractivity (Wildman–Crippen MR) is 20.7 cm³/mol. The van der Waals surface area contributed by atoms with Crippen molar-refractivity contribution in [2.24, 2.45) is 5.14 Å². The van der Waals surface area contributed by atoms with E-state index in [1.165, 1.54) is 0 Å². The SMILES string of the molecule is NS(=O)(=O)O.O=C=O. The van der Waals surface area contributed by atoms with E-state index in [2.05, 4.69) is 5.14 Å². The molecule has 0 aromatic heterocycles. The minimum absolute atomic E-state index is 0.250. The van der Waals surface area contributed by atoms with Crippen LogP contribution in [0.15, 0.2) is 0 Å². The molecule has 8 heavy (non-hydrogen) atoms. The van der Waals surface area contributed by atoms with Gasteiger partial charge in [-0.2, -0.15) is 18.0 Å². The van der Waals surface area contributed by atoms with Crippen molar-refractivity contribution in [3.05, 3.63) is 0 Å². The molecule has 6 nitrogen and oxygen atoms in total. The van der Waals surface area contributed by atoms with E-state index in [0.29, 0.717) is 0 Å². The van der Waals surface area contributed by atoms with Crippen LogP contribution in [-0.2, 0) is 19.9 Å². The maximum Gasteiger partial charge on any atom is 0.373 e. The molecule has 3 N–H and O–H groups in total. The summed E-state index contributed by atoms with van der Waals surface area (Å²) < 4.78 is 25.2. The quantitative estimate of drug-likeness (QED) is 0.385. The van der Waals surface area contributed by atoms with E-state index >= 15 is 0 Å². The molecule has 0 saturated carbocycles. The van der Waals surface area contributed by atoms with Crippen LogP contribution < -0.4 is 5.14 Å². The van der Waals surface area contributed by atoms with Crippen LogP contribution in [-0.4, -0.2) is 19.1 Å². The average molecular weight is 141 g/mol. The number of carbonyl (C=O) groups excluding carboxylic acids is 2. The average Bonchev–Trinajstić information content (AvgIpc) is 1.27. The van der Waals surface area contributed by atoms with Crippen molar-refractivity contribution in [1.29, 1.82) is 0 Å². The second-order valence-electron chi connectivity index (χ2n) is 0.598. The minimum atomic E-state index is -4.17. The fraction of sp³-hybridized carbons (Fsp3) is 0. The second kappa shape index (κ2) is 4.41. The van der Waals surface area contributed by atoms with Gasteiger partial charge in [0.1, 0.15) is 0 Å². The molecule has 0 atom stereocenters. The van der Waals surface area contributed by atoms with Crippen molar-refractivity contribution in [1.82, 2.24) is 0 Å². The van der Waals surface area contributed by atoms with Gasteiger partial charge in [0.05, 0.1) is 0 Å². The van der Waals surface area contributed by atoms with Gasteiger partial charge in [0.2, 0.25) is 0 Å². The maximum absolute atomic E-state index is 8.97. The largest absolute Gasteiger partial charge is 0.373 e. The summed E-state index contributed by atoms with van der Waals surface area (Å²) in [6, 6.07) is 0. The van der Waals surface area contributed by atoms with Crippen molar-refractivity contribution in [3.8, 4) is 0 Å². The van der Waals surface area contributed by atoms with E-state index in [1.807, 2.05) is 0 Å². The van der Waals surface area contributed by atoms with Crippen molar-refractivity contribution in [2.45, 2.75) is 0 Å². The Kier molecular flexibility index (Phi) is 5.66. The summed E-state index contributed by atoms with van der Waals surface area (Å²) in [5.41, 5.74) is 0. The fourth-order valence-electron chi connectivity index (χ4n) is 0. The zero-order chi connectivity index (χ0) is 7.21. The molecule has 0 heterocycles. The van der Waals surface area contributed by atoms with Crippen LogP contribution in [0, 0.1) is 0 Å². The summed E-state index contributed by atoms with van der Waals surface area (Å²) in [7, 11) is -4.17. The highest BCUT2D eigenvalue weighted by atomic mass is 32.2. The van der Waals surface area contributed by atoms with Crippen LogP contribution in [0.1, 0.15) is 0 Å². The summed E-state index contributed by atoms with van der Waals surface area (Å²) in [6.45, 7) is 0. The standard InChI is InChI=1S/CO2.H3NO3S/c2-1-3;1-5(2,3)4/h;(H3,1,2,3,4). The number of hydrogen-bond donors (Lipinski definition) is 2. The molecule has 0 rings (SSSR count). The molecule has 48 valence electrons. The fourth-order valence-corrected chi connectivity index (χ4v) is 0. The first-order chi connectivity index (χ1) is 3.41. The highest BCUT2D eigenvalue weighted by Gasteiger charge is 1.81. The Morgan fingerprint density at radius 1 is 1.38 bits per heavy atom. The Labute approximate surface area is 45.2 Å². The van der Waals surface area contributed by atoms with Gasteiger partial charge in [0.25, 0.3) is 0 Å². The van der Waals surface area contributed by atoms with Crippen LogP contribution in [0.3, 0.4) is 0 Å². The molecule has 0 aliphatic heterocycles. The van der Waals surface area contributed by atoms with Crippen molar-refractivity contribution >= 4 is 16.5 Å². The van der Waals surface area contributed by atoms with Gasteiger partial charge in [0.15, 0.2) is 0 Å². The molecular weight excluding hydrogens is 138 g/mol. The number of hydrogen-bond acceptors (Lipinski definition) is 4. The number of rotatable bonds is 0. The maximum atomic E-state index is 8.97. The van der Waals surface area contributed by atoms with Gasteiger partial charge < -0.3 is 0 Å². The van der Waals surface area contributed by atoms with E-state index in [4.69, 9.17) is 22.6 Å². The van der Waals surface area contributed by atoms with Crippen LogP contribution in [0.4, 0.5) is 0 Å². The monoisotopic (exact) mass is 141 g/mol. The Bertz CT molecular complexity index is 153. The van der Waals surface area contributed by atoms with E-state index < -0.39 is 10.3 Å². The first-order valence-electron chi connectivity index (χ1n) is 1.16. The molecule has 0 bridgehead atoms. The van der Waals surface area contributed by atoms with Crippen LogP contribution in [0.25, 0.3) is 0 Å². The third kappa shape index (κ3) is 169. The minimum Gasteiger partial charge on any atom is -0.274 e. The van der Waals surface area contributed by atoms with Gasteiger partial charge in [-0.1, -0.05) is 0 Å². The summed E-state index contributed by atoms with van der Waals surface area (Å²) in [4.78, 5) is 16.2. The Hall–Kier alpha value is -0.750. The molecule has 0 unspecified atom stereocenters. The van der Waals surface area contributed by atoms with Crippen LogP contribution in [0.2, 0.25) is 0 Å². The lowest BCUT2D eigenvalue weighted by Crippen LogP contribution is -2.08. The van der Waals surface area contributed by atoms with E-state index in [1.54, 1.807) is 0 Å². The van der Waals surface area contributed by atoms with Crippen molar-refractivity contribution < 1.29 is 22.6 Å². The summed E-state index contributed by atoms with van der Waals surface area (Å²) in [5.74, 6) is 0. The van der Waals surface area contributed by atoms with Gasteiger partial charge in [-0.05, 0) is 0 Å². The first kappa shape index (κ1) is 10.3. The molecule has 0 amide bonds. The smallest absolute Gasteiger partial charge is 0.274 e. The topological polar surface area (TPSA) is 115 Å². The zero-order valence-electron chi connectivity index (χ0n) is 3.57. The molecule has 7 heteroatoms. The van der Waals surface area contributed by atoms with Crippen LogP contribution >= 0.6 is 0 Å². The molecule has 0 aromatic carbocycles. The third-order valence-electron chi connectivity index (χ3n) is 0. The van der Waals surface area contributed by atoms with Crippen molar-refractivity contribution in [3.63, 3.8) is 0 Å². The molecule has 0 aliphatic carbocycles. The second-order valence-corrected chi connectivity index (χ2v) is 1.63. The Balaban J connectivity index is 0. The van der Waals surface area contributed by atoms with Crippen LogP contribution in [0.5, 0.6) is 0 Å². The molecule has 0 aromatic rings. The molecule has 0 aliphatic rings. The molecule has 0 fully saturated rings. The Morgan fingerprint density at radius 3 is 1.38 bits per heavy atom. The lowest BCUT2D eigenvalue weighted by molar-refractivity contribution is -0.191. The highest BCUT2D eigenvalue weighted by molar-refractivity contribution is 7.83. The molecular formula is CH3NO5S. The molecule has 0 spiro atoms. The van der Waals surface area contributed by atoms with Gasteiger partial charge in [-0.3, -0.25) is 4.55 Å². The summed E-state index contributed by atoms with van der Waals surface area (Å²) in [6.07, 6.45) is 0.250. The van der Waals surface area contributed by atoms with E-state index in [9.17, 15) is 0 Å². The normalized spacial score (nSPS) is 8.25. The van der Waals surface area contributed by atoms with Gasteiger partial charge in [-0.15, -0.1) is 0 Å². The molecule has 0 saturated heterocycles. The highest BCUT2D eigenvalue weighted by Crippen LogP contribution is 1.50. The zero-order valence-corrected chi connectivity index (χ0v) is 4.38. The van der Waals surface area contributed by atoms with Gasteiger partial charge >= 0.3 is 16.5 Å². The number of nitrogens with two attached hydrogens (primary N) is 1. The van der Waals surface area contributed by atoms with E-state index in [-0.39, 0.29) is 6.15 Å². The lowest BCUT2D eigenvalue weighted by atomic mass is 11.8. The van der Waals surface area contributed by atoms with Gasteiger partial charge in [0, 0.05) is 0 Å². The van der Waals surface area contributed by atoms with Gasteiger partial charge in [-0.25, -0.2) is 5.14 Å². The third-order valence-corrected chi connectivity index (χ3v) is 0. The van der Waals surface area contributed by atoms with E-state index in [0.717, 1.165) is 0 Å². The van der Waals surface area contributed by atoms with Crippen molar-refractivity contribution in [2.75, 3.05) is 0 Å². The first-order valence-corrected chi connectivity index (χ1v) is 2.66. The lowest BCUT2D eigenvalue weighted by Gasteiger charge is -1.70. The summed E-state index contributed by atoms with van der Waals surface area (Å²) in [5, 5.41) is 3.88. The molecule has 0 radical (unpaired) electrons. The summed E-state index contributed by atoms with van der Waals surface area (Å²) >= 11 is 0. The predicted octanol–water partition coefficient (Wildman–Crippen LogP) is -1.84.